The third-order valence-corrected chi connectivity index (χ3v) is 6.60. The first-order chi connectivity index (χ1) is 13.7. The van der Waals surface area contributed by atoms with Crippen LogP contribution in [0.3, 0.4) is 0 Å². The molecule has 2 amide bonds. The van der Waals surface area contributed by atoms with Crippen LogP contribution in [0.1, 0.15) is 40.0 Å². The first-order valence-corrected chi connectivity index (χ1v) is 11.6. The summed E-state index contributed by atoms with van der Waals surface area (Å²) in [7, 11) is -3.56. The van der Waals surface area contributed by atoms with Gasteiger partial charge in [-0.25, -0.2) is 8.42 Å². The molecule has 29 heavy (non-hydrogen) atoms. The van der Waals surface area contributed by atoms with Gasteiger partial charge in [0, 0.05) is 24.8 Å². The number of carbonyl (C=O) groups excluding carboxylic acids is 2. The zero-order valence-electron chi connectivity index (χ0n) is 17.5. The van der Waals surface area contributed by atoms with E-state index in [4.69, 9.17) is 0 Å². The van der Waals surface area contributed by atoms with Crippen LogP contribution in [0.4, 0.5) is 5.69 Å². The average Bonchev–Trinajstić information content (AvgIpc) is 2.67. The Morgan fingerprint density at radius 2 is 1.76 bits per heavy atom. The Morgan fingerprint density at radius 3 is 2.38 bits per heavy atom. The molecule has 0 aromatic heterocycles. The van der Waals surface area contributed by atoms with Crippen molar-refractivity contribution in [1.82, 2.24) is 14.5 Å². The van der Waals surface area contributed by atoms with Crippen molar-refractivity contribution in [2.45, 2.75) is 51.0 Å². The lowest BCUT2D eigenvalue weighted by Gasteiger charge is -2.26. The second kappa shape index (κ2) is 10.7. The zero-order chi connectivity index (χ0) is 21.4. The minimum atomic E-state index is -3.56. The Hall–Kier alpha value is -1.97. The van der Waals surface area contributed by atoms with Gasteiger partial charge in [0.15, 0.2) is 0 Å². The molecule has 1 aromatic rings. The summed E-state index contributed by atoms with van der Waals surface area (Å²) in [5.41, 5.74) is 0.427. The molecule has 2 rings (SSSR count). The molecule has 162 valence electrons. The van der Waals surface area contributed by atoms with Crippen LogP contribution in [0.25, 0.3) is 0 Å². The van der Waals surface area contributed by atoms with E-state index in [9.17, 15) is 18.0 Å². The quantitative estimate of drug-likeness (QED) is 0.628. The summed E-state index contributed by atoms with van der Waals surface area (Å²) in [5, 5.41) is 5.54. The highest BCUT2D eigenvalue weighted by molar-refractivity contribution is 7.89. The van der Waals surface area contributed by atoms with Crippen molar-refractivity contribution in [3.63, 3.8) is 0 Å². The first-order valence-electron chi connectivity index (χ1n) is 10.1. The SMILES string of the molecule is CCN(CC(=O)Nc1cccc(S(=O)(=O)N2CCCCC2)c1)CC(=O)NC(C)C. The minimum absolute atomic E-state index is 0.0413. The largest absolute Gasteiger partial charge is 0.353 e. The van der Waals surface area contributed by atoms with E-state index >= 15 is 0 Å². The lowest BCUT2D eigenvalue weighted by atomic mass is 10.2. The van der Waals surface area contributed by atoms with Crippen LogP contribution < -0.4 is 10.6 Å². The molecular formula is C20H32N4O4S. The number of sulfonamides is 1. The van der Waals surface area contributed by atoms with Gasteiger partial charge in [-0.15, -0.1) is 0 Å². The Labute approximate surface area is 173 Å². The second-order valence-electron chi connectivity index (χ2n) is 7.57. The molecule has 0 radical (unpaired) electrons. The molecule has 0 unspecified atom stereocenters. The van der Waals surface area contributed by atoms with Gasteiger partial charge in [-0.3, -0.25) is 14.5 Å². The van der Waals surface area contributed by atoms with Crippen molar-refractivity contribution in [2.75, 3.05) is 38.0 Å². The molecule has 8 nitrogen and oxygen atoms in total. The van der Waals surface area contributed by atoms with E-state index in [1.807, 2.05) is 20.8 Å². The van der Waals surface area contributed by atoms with Crippen molar-refractivity contribution in [3.05, 3.63) is 24.3 Å². The van der Waals surface area contributed by atoms with Crippen molar-refractivity contribution < 1.29 is 18.0 Å². The molecule has 1 fully saturated rings. The molecule has 9 heteroatoms. The maximum Gasteiger partial charge on any atom is 0.243 e. The van der Waals surface area contributed by atoms with Crippen LogP contribution >= 0.6 is 0 Å². The molecule has 1 aliphatic rings. The Balaban J connectivity index is 2.00. The van der Waals surface area contributed by atoms with Crippen LogP contribution in [0.5, 0.6) is 0 Å². The summed E-state index contributed by atoms with van der Waals surface area (Å²) >= 11 is 0. The normalized spacial score (nSPS) is 15.5. The molecule has 1 aromatic carbocycles. The predicted octanol–water partition coefficient (Wildman–Crippen LogP) is 1.65. The number of likely N-dealkylation sites (N-methyl/N-ethyl adjacent to an activating group) is 1. The fourth-order valence-corrected chi connectivity index (χ4v) is 4.81. The number of hydrogen-bond donors (Lipinski definition) is 2. The van der Waals surface area contributed by atoms with E-state index in [1.165, 1.54) is 10.4 Å². The zero-order valence-corrected chi connectivity index (χ0v) is 18.3. The predicted molar refractivity (Wildman–Crippen MR) is 113 cm³/mol. The summed E-state index contributed by atoms with van der Waals surface area (Å²) in [6.45, 7) is 7.42. The van der Waals surface area contributed by atoms with Gasteiger partial charge in [-0.1, -0.05) is 19.4 Å². The van der Waals surface area contributed by atoms with Crippen LogP contribution in [0.2, 0.25) is 0 Å². The number of benzene rings is 1. The lowest BCUT2D eigenvalue weighted by molar-refractivity contribution is -0.123. The lowest BCUT2D eigenvalue weighted by Crippen LogP contribution is -2.42. The number of nitrogens with one attached hydrogen (secondary N) is 2. The fourth-order valence-electron chi connectivity index (χ4n) is 3.24. The van der Waals surface area contributed by atoms with Crippen LogP contribution in [-0.4, -0.2) is 68.2 Å². The summed E-state index contributed by atoms with van der Waals surface area (Å²) in [6, 6.07) is 6.37. The Bertz CT molecular complexity index is 804. The van der Waals surface area contributed by atoms with Crippen LogP contribution in [-0.2, 0) is 19.6 Å². The van der Waals surface area contributed by atoms with Crippen molar-refractivity contribution in [3.8, 4) is 0 Å². The average molecular weight is 425 g/mol. The highest BCUT2D eigenvalue weighted by atomic mass is 32.2. The molecule has 0 bridgehead atoms. The minimum Gasteiger partial charge on any atom is -0.353 e. The van der Waals surface area contributed by atoms with E-state index in [1.54, 1.807) is 23.1 Å². The van der Waals surface area contributed by atoms with Crippen molar-refractivity contribution in [1.29, 1.82) is 0 Å². The maximum atomic E-state index is 12.8. The highest BCUT2D eigenvalue weighted by Crippen LogP contribution is 2.22. The summed E-state index contributed by atoms with van der Waals surface area (Å²) < 4.78 is 27.1. The van der Waals surface area contributed by atoms with Gasteiger partial charge in [-0.05, 0) is 51.4 Å². The molecule has 2 N–H and O–H groups in total. The van der Waals surface area contributed by atoms with Crippen LogP contribution in [0.15, 0.2) is 29.2 Å². The molecule has 0 atom stereocenters. The van der Waals surface area contributed by atoms with E-state index in [0.29, 0.717) is 25.3 Å². The number of nitrogens with zero attached hydrogens (tertiary/aromatic N) is 2. The molecule has 1 heterocycles. The smallest absolute Gasteiger partial charge is 0.243 e. The monoisotopic (exact) mass is 424 g/mol. The number of piperidine rings is 1. The summed E-state index contributed by atoms with van der Waals surface area (Å²) in [6.07, 6.45) is 2.78. The molecular weight excluding hydrogens is 392 g/mol. The Morgan fingerprint density at radius 1 is 1.10 bits per heavy atom. The second-order valence-corrected chi connectivity index (χ2v) is 9.50. The van der Waals surface area contributed by atoms with Gasteiger partial charge in [-0.2, -0.15) is 4.31 Å². The van der Waals surface area contributed by atoms with Gasteiger partial charge in [0.05, 0.1) is 18.0 Å². The topological polar surface area (TPSA) is 98.8 Å². The molecule has 0 aliphatic carbocycles. The summed E-state index contributed by atoms with van der Waals surface area (Å²) in [5.74, 6) is -0.430. The van der Waals surface area contributed by atoms with E-state index in [-0.39, 0.29) is 35.8 Å². The number of hydrogen-bond acceptors (Lipinski definition) is 5. The Kier molecular flexibility index (Phi) is 8.60. The van der Waals surface area contributed by atoms with Gasteiger partial charge in [0.25, 0.3) is 0 Å². The van der Waals surface area contributed by atoms with E-state index in [2.05, 4.69) is 10.6 Å². The molecule has 0 saturated carbocycles. The van der Waals surface area contributed by atoms with Crippen molar-refractivity contribution >= 4 is 27.5 Å². The maximum absolute atomic E-state index is 12.8. The number of anilines is 1. The number of carbonyl (C=O) groups is 2. The first kappa shape index (κ1) is 23.3. The van der Waals surface area contributed by atoms with Crippen molar-refractivity contribution in [2.24, 2.45) is 0 Å². The third-order valence-electron chi connectivity index (χ3n) is 4.70. The fraction of sp³-hybridized carbons (Fsp3) is 0.600. The highest BCUT2D eigenvalue weighted by Gasteiger charge is 2.26. The number of rotatable bonds is 9. The number of amides is 2. The van der Waals surface area contributed by atoms with E-state index in [0.717, 1.165) is 19.3 Å². The molecule has 1 aliphatic heterocycles. The summed E-state index contributed by atoms with van der Waals surface area (Å²) in [4.78, 5) is 26.2. The van der Waals surface area contributed by atoms with Gasteiger partial charge >= 0.3 is 0 Å². The van der Waals surface area contributed by atoms with E-state index < -0.39 is 10.0 Å². The van der Waals surface area contributed by atoms with Crippen LogP contribution in [0, 0.1) is 0 Å². The van der Waals surface area contributed by atoms with Gasteiger partial charge in [0.2, 0.25) is 21.8 Å². The third kappa shape index (κ3) is 7.09. The molecule has 0 spiro atoms. The molecule has 1 saturated heterocycles. The standard InChI is InChI=1S/C20H32N4O4S/c1-4-23(14-19(25)21-16(2)3)15-20(26)22-17-9-8-10-18(13-17)29(27,28)24-11-6-5-7-12-24/h8-10,13,16H,4-7,11-12,14-15H2,1-3H3,(H,21,25)(H,22,26). The van der Waals surface area contributed by atoms with Gasteiger partial charge in [0.1, 0.15) is 0 Å². The van der Waals surface area contributed by atoms with Gasteiger partial charge < -0.3 is 10.6 Å².